The van der Waals surface area contributed by atoms with E-state index in [1.165, 1.54) is 76.5 Å². The molecule has 0 bridgehead atoms. The normalized spacial score (nSPS) is 12.0. The van der Waals surface area contributed by atoms with Crippen molar-refractivity contribution in [3.05, 3.63) is 170 Å². The first-order valence-electron chi connectivity index (χ1n) is 16.2. The topological polar surface area (TPSA) is 9.23 Å². The van der Waals surface area contributed by atoms with Gasteiger partial charge in [0.25, 0.3) is 0 Å². The fraction of sp³-hybridized carbons (Fsp3) is 0. The molecule has 0 spiro atoms. The van der Waals surface area contributed by atoms with Gasteiger partial charge in [-0.15, -0.1) is 0 Å². The van der Waals surface area contributed by atoms with Crippen LogP contribution in [0.1, 0.15) is 0 Å². The van der Waals surface area contributed by atoms with E-state index in [-0.39, 0.29) is 0 Å². The number of para-hydroxylation sites is 1. The summed E-state index contributed by atoms with van der Waals surface area (Å²) in [6, 6.07) is 61.4. The molecule has 0 saturated carbocycles. The van der Waals surface area contributed by atoms with Crippen LogP contribution in [0.3, 0.4) is 0 Å². The minimum Gasteiger partial charge on any atom is -0.455 e. The fourth-order valence-corrected chi connectivity index (χ4v) is 7.87. The largest absolute Gasteiger partial charge is 0.455 e. The van der Waals surface area contributed by atoms with Crippen LogP contribution in [0.2, 0.25) is 0 Å². The first-order chi connectivity index (χ1) is 23.3. The number of hydrogen-bond acceptors (Lipinski definition) is 1. The van der Waals surface area contributed by atoms with Gasteiger partial charge >= 0.3 is 0 Å². The molecule has 0 atom stereocenters. The zero-order valence-electron chi connectivity index (χ0n) is 25.6. The van der Waals surface area contributed by atoms with E-state index in [0.29, 0.717) is 0 Å². The number of benzene rings is 9. The van der Waals surface area contributed by atoms with Gasteiger partial charge in [-0.25, -0.2) is 0 Å². The molecule has 1 aliphatic heterocycles. The Labute approximate surface area is 272 Å². The van der Waals surface area contributed by atoms with Crippen LogP contribution < -0.4 is 4.74 Å². The lowest BCUT2D eigenvalue weighted by molar-refractivity contribution is 0.489. The molecule has 0 N–H and O–H groups in total. The number of ether oxygens (including phenoxy) is 1. The Hall–Kier alpha value is -6.18. The van der Waals surface area contributed by atoms with E-state index < -0.39 is 0 Å². The van der Waals surface area contributed by atoms with Crippen molar-refractivity contribution in [3.63, 3.8) is 0 Å². The Bertz CT molecular complexity index is 2640. The van der Waals surface area contributed by atoms with Crippen molar-refractivity contribution in [2.24, 2.45) is 0 Å². The van der Waals surface area contributed by atoms with Gasteiger partial charge in [-0.2, -0.15) is 0 Å². The van der Waals surface area contributed by atoms with Gasteiger partial charge in [-0.05, 0) is 71.6 Å². The monoisotopic (exact) mass is 596 g/mol. The van der Waals surface area contributed by atoms with Crippen LogP contribution in [0.5, 0.6) is 11.5 Å². The molecule has 0 radical (unpaired) electrons. The molecule has 0 aliphatic carbocycles. The number of rotatable bonds is 3. The van der Waals surface area contributed by atoms with E-state index >= 15 is 0 Å². The second-order valence-corrected chi connectivity index (χ2v) is 12.4. The molecule has 9 aromatic rings. The molecule has 9 aromatic carbocycles. The molecule has 0 saturated heterocycles. The molecule has 0 amide bonds. The van der Waals surface area contributed by atoms with Gasteiger partial charge in [-0.3, -0.25) is 0 Å². The molecule has 0 fully saturated rings. The Morgan fingerprint density at radius 1 is 0.298 bits per heavy atom. The van der Waals surface area contributed by atoms with E-state index in [1.54, 1.807) is 0 Å². The van der Waals surface area contributed by atoms with Crippen LogP contribution in [0.15, 0.2) is 170 Å². The summed E-state index contributed by atoms with van der Waals surface area (Å²) in [6.07, 6.45) is 0. The number of fused-ring (bicyclic) bond motifs is 5. The summed E-state index contributed by atoms with van der Waals surface area (Å²) >= 11 is 0. The molecule has 1 heterocycles. The highest BCUT2D eigenvalue weighted by atomic mass is 16.5. The molecular formula is C46H28O. The molecule has 1 nitrogen and oxygen atoms in total. The first-order valence-corrected chi connectivity index (χ1v) is 16.2. The number of hydrogen-bond donors (Lipinski definition) is 0. The maximum atomic E-state index is 6.88. The van der Waals surface area contributed by atoms with Gasteiger partial charge in [0.15, 0.2) is 0 Å². The quantitative estimate of drug-likeness (QED) is 0.184. The van der Waals surface area contributed by atoms with Gasteiger partial charge in [0.2, 0.25) is 0 Å². The zero-order valence-corrected chi connectivity index (χ0v) is 25.6. The molecule has 0 unspecified atom stereocenters. The summed E-state index contributed by atoms with van der Waals surface area (Å²) in [4.78, 5) is 0. The van der Waals surface area contributed by atoms with Crippen LogP contribution in [0.4, 0.5) is 0 Å². The minimum atomic E-state index is 0.909. The fourth-order valence-electron chi connectivity index (χ4n) is 7.87. The standard InChI is InChI=1S/C46H28O/c1-2-13-29(14-3-1)33-28-27-30-15-4-5-18-32(30)44(33)45-36-21-8-6-19-34(36)43(35-20-7-9-22-37(35)45)40-25-12-24-39-38-23-10-16-31-17-11-26-41(42(31)38)47-46(39)40/h1-28H. The van der Waals surface area contributed by atoms with E-state index in [9.17, 15) is 0 Å². The Kier molecular flexibility index (Phi) is 5.64. The van der Waals surface area contributed by atoms with Crippen molar-refractivity contribution in [2.75, 3.05) is 0 Å². The summed E-state index contributed by atoms with van der Waals surface area (Å²) in [5.74, 6) is 1.82. The second-order valence-electron chi connectivity index (χ2n) is 12.4. The molecular weight excluding hydrogens is 569 g/mol. The van der Waals surface area contributed by atoms with Crippen molar-refractivity contribution in [3.8, 4) is 56.0 Å². The van der Waals surface area contributed by atoms with Gasteiger partial charge < -0.3 is 4.74 Å². The predicted octanol–water partition coefficient (Wildman–Crippen LogP) is 13.1. The molecule has 10 rings (SSSR count). The Balaban J connectivity index is 1.34. The lowest BCUT2D eigenvalue weighted by atomic mass is 9.81. The molecule has 1 heteroatoms. The van der Waals surface area contributed by atoms with Crippen molar-refractivity contribution in [1.82, 2.24) is 0 Å². The van der Waals surface area contributed by atoms with Gasteiger partial charge in [0, 0.05) is 22.1 Å². The van der Waals surface area contributed by atoms with Crippen LogP contribution in [0.25, 0.3) is 87.6 Å². The summed E-state index contributed by atoms with van der Waals surface area (Å²) < 4.78 is 6.88. The molecule has 0 aromatic heterocycles. The average Bonchev–Trinajstić information content (AvgIpc) is 3.14. The van der Waals surface area contributed by atoms with Crippen molar-refractivity contribution in [2.45, 2.75) is 0 Å². The maximum absolute atomic E-state index is 6.88. The molecule has 1 aliphatic rings. The smallest absolute Gasteiger partial charge is 0.143 e. The first kappa shape index (κ1) is 26.1. The molecule has 47 heavy (non-hydrogen) atoms. The highest BCUT2D eigenvalue weighted by Crippen LogP contribution is 2.54. The third-order valence-electron chi connectivity index (χ3n) is 9.85. The van der Waals surface area contributed by atoms with Crippen LogP contribution >= 0.6 is 0 Å². The lowest BCUT2D eigenvalue weighted by Crippen LogP contribution is -2.00. The van der Waals surface area contributed by atoms with Gasteiger partial charge in [0.1, 0.15) is 11.5 Å². The second kappa shape index (κ2) is 10.2. The van der Waals surface area contributed by atoms with Crippen LogP contribution in [0, 0.1) is 0 Å². The third kappa shape index (κ3) is 3.84. The van der Waals surface area contributed by atoms with Crippen LogP contribution in [-0.2, 0) is 0 Å². The van der Waals surface area contributed by atoms with Crippen molar-refractivity contribution < 1.29 is 4.74 Å². The van der Waals surface area contributed by atoms with Gasteiger partial charge in [0.05, 0.1) is 0 Å². The maximum Gasteiger partial charge on any atom is 0.143 e. The predicted molar refractivity (Wildman–Crippen MR) is 198 cm³/mol. The third-order valence-corrected chi connectivity index (χ3v) is 9.85. The van der Waals surface area contributed by atoms with E-state index in [1.807, 2.05) is 0 Å². The Morgan fingerprint density at radius 2 is 0.851 bits per heavy atom. The zero-order chi connectivity index (χ0) is 30.9. The summed E-state index contributed by atoms with van der Waals surface area (Å²) in [5, 5.41) is 9.73. The van der Waals surface area contributed by atoms with E-state index in [0.717, 1.165) is 22.6 Å². The SMILES string of the molecule is c1ccc(-c2ccc3ccccc3c2-c2c3ccccc3c(-c3cccc4c3Oc3cccc5cccc-4c35)c3ccccc23)cc1. The van der Waals surface area contributed by atoms with E-state index in [4.69, 9.17) is 4.74 Å². The molecule has 218 valence electrons. The lowest BCUT2D eigenvalue weighted by Gasteiger charge is -2.25. The van der Waals surface area contributed by atoms with Crippen molar-refractivity contribution in [1.29, 1.82) is 0 Å². The summed E-state index contributed by atoms with van der Waals surface area (Å²) in [5.41, 5.74) is 9.62. The highest BCUT2D eigenvalue weighted by molar-refractivity contribution is 6.26. The highest BCUT2D eigenvalue weighted by Gasteiger charge is 2.26. The Morgan fingerprint density at radius 3 is 1.60 bits per heavy atom. The summed E-state index contributed by atoms with van der Waals surface area (Å²) in [6.45, 7) is 0. The van der Waals surface area contributed by atoms with Crippen molar-refractivity contribution >= 4 is 43.1 Å². The average molecular weight is 597 g/mol. The van der Waals surface area contributed by atoms with Gasteiger partial charge in [-0.1, -0.05) is 164 Å². The minimum absolute atomic E-state index is 0.909. The summed E-state index contributed by atoms with van der Waals surface area (Å²) in [7, 11) is 0. The van der Waals surface area contributed by atoms with E-state index in [2.05, 4.69) is 170 Å². The van der Waals surface area contributed by atoms with Crippen LogP contribution in [-0.4, -0.2) is 0 Å².